The second-order valence-electron chi connectivity index (χ2n) is 4.15. The molecule has 1 aliphatic heterocycles. The lowest BCUT2D eigenvalue weighted by atomic mass is 10.1. The van der Waals surface area contributed by atoms with Crippen molar-refractivity contribution in [1.82, 2.24) is 19.9 Å². The number of carboxylic acid groups (broad SMARTS) is 1. The van der Waals surface area contributed by atoms with Gasteiger partial charge in [-0.25, -0.2) is 14.3 Å². The van der Waals surface area contributed by atoms with Gasteiger partial charge in [0.05, 0.1) is 0 Å². The van der Waals surface area contributed by atoms with Crippen LogP contribution in [0.15, 0.2) is 18.2 Å². The summed E-state index contributed by atoms with van der Waals surface area (Å²) in [7, 11) is 0. The average Bonchev–Trinajstić information content (AvgIpc) is 2.96. The fourth-order valence-electron chi connectivity index (χ4n) is 2.13. The summed E-state index contributed by atoms with van der Waals surface area (Å²) >= 11 is 0. The number of nitrogens with zero attached hydrogens (tertiary/aromatic N) is 3. The van der Waals surface area contributed by atoms with E-state index >= 15 is 0 Å². The number of hydrogen-bond donors (Lipinski definition) is 2. The van der Waals surface area contributed by atoms with Gasteiger partial charge in [-0.2, -0.15) is 5.10 Å². The van der Waals surface area contributed by atoms with Gasteiger partial charge in [-0.3, -0.25) is 0 Å². The maximum absolute atomic E-state index is 11.0. The van der Waals surface area contributed by atoms with Gasteiger partial charge in [0.1, 0.15) is 0 Å². The molecule has 6 heteroatoms. The Morgan fingerprint density at radius 3 is 3.12 bits per heavy atom. The van der Waals surface area contributed by atoms with Crippen molar-refractivity contribution in [3.8, 4) is 0 Å². The number of aromatic carboxylic acids is 1. The van der Waals surface area contributed by atoms with Gasteiger partial charge in [-0.05, 0) is 25.1 Å². The van der Waals surface area contributed by atoms with E-state index in [1.54, 1.807) is 12.1 Å². The zero-order chi connectivity index (χ0) is 11.8. The Hall–Kier alpha value is -1.95. The van der Waals surface area contributed by atoms with Crippen LogP contribution in [0.4, 0.5) is 0 Å². The number of fused-ring (bicyclic) bond motifs is 1. The Kier molecular flexibility index (Phi) is 2.29. The Morgan fingerprint density at radius 1 is 1.53 bits per heavy atom. The van der Waals surface area contributed by atoms with Crippen LogP contribution in [0.1, 0.15) is 28.7 Å². The average molecular weight is 232 g/mol. The normalized spacial score (nSPS) is 19.9. The summed E-state index contributed by atoms with van der Waals surface area (Å²) in [4.78, 5) is 15.4. The van der Waals surface area contributed by atoms with E-state index in [-0.39, 0.29) is 11.6 Å². The van der Waals surface area contributed by atoms with E-state index in [2.05, 4.69) is 15.4 Å². The Labute approximate surface area is 97.3 Å². The SMILES string of the molecule is O=C(O)c1cccc2nc(C3CCNC3)nn12. The Balaban J connectivity index is 2.11. The third-order valence-corrected chi connectivity index (χ3v) is 3.02. The molecule has 2 N–H and O–H groups in total. The standard InChI is InChI=1S/C11H12N4O2/c16-11(17)8-2-1-3-9-13-10(14-15(8)9)7-4-5-12-6-7/h1-3,7,12H,4-6H2,(H,16,17). The highest BCUT2D eigenvalue weighted by molar-refractivity contribution is 5.86. The Bertz CT molecular complexity index is 572. The molecule has 1 fully saturated rings. The topological polar surface area (TPSA) is 79.5 Å². The first-order valence-electron chi connectivity index (χ1n) is 5.55. The number of hydrogen-bond acceptors (Lipinski definition) is 4. The molecule has 1 unspecified atom stereocenters. The van der Waals surface area contributed by atoms with Crippen molar-refractivity contribution in [2.45, 2.75) is 12.3 Å². The molecule has 1 aliphatic rings. The van der Waals surface area contributed by atoms with Crippen molar-refractivity contribution >= 4 is 11.6 Å². The molecule has 3 heterocycles. The second kappa shape index (κ2) is 3.81. The summed E-state index contributed by atoms with van der Waals surface area (Å²) < 4.78 is 1.40. The fourth-order valence-corrected chi connectivity index (χ4v) is 2.13. The maximum Gasteiger partial charge on any atom is 0.354 e. The summed E-state index contributed by atoms with van der Waals surface area (Å²) in [6.07, 6.45) is 0.999. The lowest BCUT2D eigenvalue weighted by Crippen LogP contribution is -2.09. The molecule has 1 saturated heterocycles. The van der Waals surface area contributed by atoms with Gasteiger partial charge in [-0.15, -0.1) is 0 Å². The van der Waals surface area contributed by atoms with Crippen LogP contribution >= 0.6 is 0 Å². The molecule has 0 radical (unpaired) electrons. The van der Waals surface area contributed by atoms with Gasteiger partial charge in [0.2, 0.25) is 0 Å². The molecule has 0 spiro atoms. The Morgan fingerprint density at radius 2 is 2.41 bits per heavy atom. The van der Waals surface area contributed by atoms with E-state index in [4.69, 9.17) is 5.11 Å². The van der Waals surface area contributed by atoms with Crippen LogP contribution in [-0.4, -0.2) is 38.8 Å². The number of carbonyl (C=O) groups is 1. The van der Waals surface area contributed by atoms with E-state index in [1.807, 2.05) is 0 Å². The minimum Gasteiger partial charge on any atom is -0.477 e. The molecule has 6 nitrogen and oxygen atoms in total. The highest BCUT2D eigenvalue weighted by atomic mass is 16.4. The minimum atomic E-state index is -0.989. The molecule has 3 rings (SSSR count). The van der Waals surface area contributed by atoms with Crippen molar-refractivity contribution in [2.24, 2.45) is 0 Å². The quantitative estimate of drug-likeness (QED) is 0.788. The summed E-state index contributed by atoms with van der Waals surface area (Å²) in [5, 5.41) is 16.6. The maximum atomic E-state index is 11.0. The molecule has 0 aliphatic carbocycles. The summed E-state index contributed by atoms with van der Waals surface area (Å²) in [5.74, 6) is 0.0249. The predicted octanol–water partition coefficient (Wildman–Crippen LogP) is 0.504. The number of rotatable bonds is 2. The highest BCUT2D eigenvalue weighted by Crippen LogP contribution is 2.20. The van der Waals surface area contributed by atoms with Crippen LogP contribution in [0.5, 0.6) is 0 Å². The first-order chi connectivity index (χ1) is 8.25. The summed E-state index contributed by atoms with van der Waals surface area (Å²) in [5.41, 5.74) is 0.735. The monoisotopic (exact) mass is 232 g/mol. The van der Waals surface area contributed by atoms with Gasteiger partial charge in [0.25, 0.3) is 0 Å². The van der Waals surface area contributed by atoms with Gasteiger partial charge < -0.3 is 10.4 Å². The largest absolute Gasteiger partial charge is 0.477 e. The van der Waals surface area contributed by atoms with Crippen LogP contribution in [0.3, 0.4) is 0 Å². The van der Waals surface area contributed by atoms with Crippen LogP contribution in [0.2, 0.25) is 0 Å². The number of pyridine rings is 1. The minimum absolute atomic E-state index is 0.146. The van der Waals surface area contributed by atoms with Crippen molar-refractivity contribution in [1.29, 1.82) is 0 Å². The molecule has 0 saturated carbocycles. The van der Waals surface area contributed by atoms with E-state index in [9.17, 15) is 4.79 Å². The van der Waals surface area contributed by atoms with Gasteiger partial charge >= 0.3 is 5.97 Å². The van der Waals surface area contributed by atoms with E-state index in [0.717, 1.165) is 25.3 Å². The zero-order valence-electron chi connectivity index (χ0n) is 9.13. The molecule has 2 aromatic rings. The van der Waals surface area contributed by atoms with Gasteiger partial charge in [0, 0.05) is 12.5 Å². The zero-order valence-corrected chi connectivity index (χ0v) is 9.13. The van der Waals surface area contributed by atoms with Crippen LogP contribution in [0, 0.1) is 0 Å². The number of carboxylic acids is 1. The molecular weight excluding hydrogens is 220 g/mol. The fraction of sp³-hybridized carbons (Fsp3) is 0.364. The molecule has 0 amide bonds. The van der Waals surface area contributed by atoms with E-state index in [0.29, 0.717) is 5.65 Å². The molecule has 88 valence electrons. The lowest BCUT2D eigenvalue weighted by molar-refractivity contribution is 0.0687. The smallest absolute Gasteiger partial charge is 0.354 e. The molecular formula is C11H12N4O2. The van der Waals surface area contributed by atoms with Crippen molar-refractivity contribution < 1.29 is 9.90 Å². The second-order valence-corrected chi connectivity index (χ2v) is 4.15. The molecule has 17 heavy (non-hydrogen) atoms. The number of nitrogens with one attached hydrogen (secondary N) is 1. The van der Waals surface area contributed by atoms with Crippen LogP contribution in [-0.2, 0) is 0 Å². The first kappa shape index (κ1) is 10.2. The summed E-state index contributed by atoms with van der Waals surface area (Å²) in [6, 6.07) is 4.98. The molecule has 2 aromatic heterocycles. The lowest BCUT2D eigenvalue weighted by Gasteiger charge is -2.00. The molecule has 1 atom stereocenters. The molecule has 0 aromatic carbocycles. The van der Waals surface area contributed by atoms with E-state index in [1.165, 1.54) is 10.6 Å². The van der Waals surface area contributed by atoms with Gasteiger partial charge in [-0.1, -0.05) is 6.07 Å². The van der Waals surface area contributed by atoms with Crippen LogP contribution < -0.4 is 5.32 Å². The third-order valence-electron chi connectivity index (χ3n) is 3.02. The predicted molar refractivity (Wildman–Crippen MR) is 60.2 cm³/mol. The number of aromatic nitrogens is 3. The van der Waals surface area contributed by atoms with E-state index < -0.39 is 5.97 Å². The van der Waals surface area contributed by atoms with Crippen LogP contribution in [0.25, 0.3) is 5.65 Å². The highest BCUT2D eigenvalue weighted by Gasteiger charge is 2.22. The third kappa shape index (κ3) is 1.66. The van der Waals surface area contributed by atoms with Crippen molar-refractivity contribution in [3.05, 3.63) is 29.7 Å². The van der Waals surface area contributed by atoms with Crippen molar-refractivity contribution in [3.63, 3.8) is 0 Å². The first-order valence-corrected chi connectivity index (χ1v) is 5.55. The summed E-state index contributed by atoms with van der Waals surface area (Å²) in [6.45, 7) is 1.82. The van der Waals surface area contributed by atoms with Crippen molar-refractivity contribution in [2.75, 3.05) is 13.1 Å². The molecule has 0 bridgehead atoms. The van der Waals surface area contributed by atoms with Gasteiger partial charge in [0.15, 0.2) is 17.2 Å².